The minimum Gasteiger partial charge on any atom is -0.360 e. The van der Waals surface area contributed by atoms with E-state index >= 15 is 0 Å². The van der Waals surface area contributed by atoms with Crippen molar-refractivity contribution >= 4 is 11.8 Å². The maximum atomic E-state index is 11.8. The number of urea groups is 1. The van der Waals surface area contributed by atoms with Gasteiger partial charge in [-0.15, -0.1) is 0 Å². The van der Waals surface area contributed by atoms with Gasteiger partial charge in [-0.25, -0.2) is 4.79 Å². The van der Waals surface area contributed by atoms with Gasteiger partial charge in [-0.2, -0.15) is 0 Å². The highest BCUT2D eigenvalue weighted by molar-refractivity contribution is 5.88. The predicted octanol–water partition coefficient (Wildman–Crippen LogP) is 2.64. The molecule has 0 aliphatic rings. The lowest BCUT2D eigenvalue weighted by Gasteiger charge is -2.20. The van der Waals surface area contributed by atoms with Gasteiger partial charge in [0.15, 0.2) is 5.82 Å². The molecule has 16 heavy (non-hydrogen) atoms. The number of hydrogen-bond acceptors (Lipinski definition) is 3. The Balaban J connectivity index is 2.54. The monoisotopic (exact) mass is 225 g/mol. The zero-order valence-corrected chi connectivity index (χ0v) is 10.1. The third-order valence-electron chi connectivity index (χ3n) is 2.14. The summed E-state index contributed by atoms with van der Waals surface area (Å²) < 4.78 is 4.88. The Hall–Kier alpha value is -1.52. The van der Waals surface area contributed by atoms with Gasteiger partial charge in [-0.1, -0.05) is 19.0 Å². The number of carbonyl (C=O) groups excluding carboxylic acids is 1. The van der Waals surface area contributed by atoms with Gasteiger partial charge >= 0.3 is 6.03 Å². The van der Waals surface area contributed by atoms with Crippen molar-refractivity contribution in [2.45, 2.75) is 33.6 Å². The summed E-state index contributed by atoms with van der Waals surface area (Å²) in [4.78, 5) is 13.6. The van der Waals surface area contributed by atoms with Gasteiger partial charge in [0.05, 0.1) is 0 Å². The predicted molar refractivity (Wildman–Crippen MR) is 62.4 cm³/mol. The van der Waals surface area contributed by atoms with Crippen LogP contribution in [0.5, 0.6) is 0 Å². The standard InChI is InChI=1S/C11H19N3O2/c1-4-6-14(7-5-2)11(15)12-10-8-9(3)16-13-10/h8H,4-7H2,1-3H3,(H,12,13,15). The molecule has 1 heterocycles. The van der Waals surface area contributed by atoms with Crippen LogP contribution in [0, 0.1) is 6.92 Å². The first-order valence-corrected chi connectivity index (χ1v) is 5.66. The van der Waals surface area contributed by atoms with Crippen molar-refractivity contribution in [2.75, 3.05) is 18.4 Å². The molecule has 90 valence electrons. The van der Waals surface area contributed by atoms with E-state index in [-0.39, 0.29) is 6.03 Å². The van der Waals surface area contributed by atoms with Crippen molar-refractivity contribution in [3.05, 3.63) is 11.8 Å². The molecule has 1 rings (SSSR count). The molecular formula is C11H19N3O2. The third-order valence-corrected chi connectivity index (χ3v) is 2.14. The van der Waals surface area contributed by atoms with Crippen LogP contribution in [0.15, 0.2) is 10.6 Å². The fourth-order valence-electron chi connectivity index (χ4n) is 1.47. The van der Waals surface area contributed by atoms with Gasteiger partial charge in [-0.3, -0.25) is 5.32 Å². The van der Waals surface area contributed by atoms with Crippen molar-refractivity contribution in [3.63, 3.8) is 0 Å². The quantitative estimate of drug-likeness (QED) is 0.838. The van der Waals surface area contributed by atoms with Gasteiger partial charge in [-0.05, 0) is 19.8 Å². The van der Waals surface area contributed by atoms with E-state index in [0.717, 1.165) is 25.9 Å². The van der Waals surface area contributed by atoms with Crippen molar-refractivity contribution in [1.82, 2.24) is 10.1 Å². The summed E-state index contributed by atoms with van der Waals surface area (Å²) in [6.07, 6.45) is 1.90. The van der Waals surface area contributed by atoms with E-state index in [1.165, 1.54) is 0 Å². The van der Waals surface area contributed by atoms with E-state index in [1.54, 1.807) is 17.9 Å². The van der Waals surface area contributed by atoms with Crippen LogP contribution >= 0.6 is 0 Å². The van der Waals surface area contributed by atoms with Crippen LogP contribution in [0.1, 0.15) is 32.4 Å². The second-order valence-corrected chi connectivity index (χ2v) is 3.74. The van der Waals surface area contributed by atoms with Crippen molar-refractivity contribution < 1.29 is 9.32 Å². The van der Waals surface area contributed by atoms with E-state index in [9.17, 15) is 4.79 Å². The summed E-state index contributed by atoms with van der Waals surface area (Å²) in [5.41, 5.74) is 0. The van der Waals surface area contributed by atoms with Gasteiger partial charge in [0.2, 0.25) is 0 Å². The van der Waals surface area contributed by atoms with Crippen LogP contribution in [0.3, 0.4) is 0 Å². The molecule has 0 unspecified atom stereocenters. The molecule has 0 saturated carbocycles. The molecule has 2 amide bonds. The second kappa shape index (κ2) is 6.15. The SMILES string of the molecule is CCCN(CCC)C(=O)Nc1cc(C)on1. The Morgan fingerprint density at radius 2 is 2.06 bits per heavy atom. The van der Waals surface area contributed by atoms with Crippen LogP contribution < -0.4 is 5.32 Å². The fourth-order valence-corrected chi connectivity index (χ4v) is 1.47. The summed E-state index contributed by atoms with van der Waals surface area (Å²) in [5.74, 6) is 1.16. The molecule has 1 aromatic heterocycles. The molecule has 1 aromatic rings. The smallest absolute Gasteiger partial charge is 0.323 e. The number of nitrogens with one attached hydrogen (secondary N) is 1. The number of nitrogens with zero attached hydrogens (tertiary/aromatic N) is 2. The summed E-state index contributed by atoms with van der Waals surface area (Å²) in [5, 5.41) is 6.44. The summed E-state index contributed by atoms with van der Waals surface area (Å²) in [6.45, 7) is 7.41. The van der Waals surface area contributed by atoms with E-state index in [2.05, 4.69) is 24.3 Å². The highest BCUT2D eigenvalue weighted by Crippen LogP contribution is 2.08. The first-order valence-electron chi connectivity index (χ1n) is 5.66. The average molecular weight is 225 g/mol. The van der Waals surface area contributed by atoms with Gasteiger partial charge < -0.3 is 9.42 Å². The van der Waals surface area contributed by atoms with Gasteiger partial charge in [0, 0.05) is 19.2 Å². The molecule has 0 aliphatic heterocycles. The lowest BCUT2D eigenvalue weighted by Crippen LogP contribution is -2.36. The highest BCUT2D eigenvalue weighted by Gasteiger charge is 2.13. The lowest BCUT2D eigenvalue weighted by molar-refractivity contribution is 0.211. The highest BCUT2D eigenvalue weighted by atomic mass is 16.5. The van der Waals surface area contributed by atoms with E-state index < -0.39 is 0 Å². The number of amides is 2. The largest absolute Gasteiger partial charge is 0.360 e. The Labute approximate surface area is 95.8 Å². The molecule has 0 saturated heterocycles. The first kappa shape index (κ1) is 12.5. The zero-order chi connectivity index (χ0) is 12.0. The summed E-state index contributed by atoms with van der Waals surface area (Å²) >= 11 is 0. The number of hydrogen-bond donors (Lipinski definition) is 1. The Bertz CT molecular complexity index is 330. The molecule has 0 radical (unpaired) electrons. The lowest BCUT2D eigenvalue weighted by atomic mass is 10.4. The Morgan fingerprint density at radius 1 is 1.44 bits per heavy atom. The third kappa shape index (κ3) is 3.56. The number of rotatable bonds is 5. The number of aromatic nitrogens is 1. The van der Waals surface area contributed by atoms with Crippen molar-refractivity contribution in [2.24, 2.45) is 0 Å². The molecule has 1 N–H and O–H groups in total. The van der Waals surface area contributed by atoms with Crippen LogP contribution in [-0.2, 0) is 0 Å². The summed E-state index contributed by atoms with van der Waals surface area (Å²) in [7, 11) is 0. The van der Waals surface area contributed by atoms with Crippen LogP contribution in [0.2, 0.25) is 0 Å². The van der Waals surface area contributed by atoms with Gasteiger partial charge in [0.1, 0.15) is 5.76 Å². The van der Waals surface area contributed by atoms with E-state index in [1.807, 2.05) is 0 Å². The average Bonchev–Trinajstić information content (AvgIpc) is 2.63. The minimum atomic E-state index is -0.114. The molecule has 5 nitrogen and oxygen atoms in total. The maximum absolute atomic E-state index is 11.8. The van der Waals surface area contributed by atoms with Crippen LogP contribution in [0.25, 0.3) is 0 Å². The number of aryl methyl sites for hydroxylation is 1. The van der Waals surface area contributed by atoms with E-state index in [0.29, 0.717) is 11.6 Å². The maximum Gasteiger partial charge on any atom is 0.323 e. The molecule has 5 heteroatoms. The van der Waals surface area contributed by atoms with Crippen LogP contribution in [0.4, 0.5) is 10.6 Å². The molecule has 0 aliphatic carbocycles. The molecule has 0 spiro atoms. The van der Waals surface area contributed by atoms with Gasteiger partial charge in [0.25, 0.3) is 0 Å². The second-order valence-electron chi connectivity index (χ2n) is 3.74. The van der Waals surface area contributed by atoms with Crippen LogP contribution in [-0.4, -0.2) is 29.2 Å². The Kier molecular flexibility index (Phi) is 4.82. The first-order chi connectivity index (χ1) is 7.67. The van der Waals surface area contributed by atoms with E-state index in [4.69, 9.17) is 4.52 Å². The zero-order valence-electron chi connectivity index (χ0n) is 10.1. The fraction of sp³-hybridized carbons (Fsp3) is 0.636. The normalized spacial score (nSPS) is 10.2. The summed E-state index contributed by atoms with van der Waals surface area (Å²) in [6, 6.07) is 1.59. The molecule has 0 fully saturated rings. The molecule has 0 bridgehead atoms. The minimum absolute atomic E-state index is 0.114. The number of carbonyl (C=O) groups is 1. The topological polar surface area (TPSA) is 58.4 Å². The molecule has 0 atom stereocenters. The number of anilines is 1. The van der Waals surface area contributed by atoms with Crippen molar-refractivity contribution in [3.8, 4) is 0 Å². The molecule has 0 aromatic carbocycles. The van der Waals surface area contributed by atoms with Crippen molar-refractivity contribution in [1.29, 1.82) is 0 Å². The Morgan fingerprint density at radius 3 is 2.50 bits per heavy atom. The molecular weight excluding hydrogens is 206 g/mol.